The van der Waals surface area contributed by atoms with Gasteiger partial charge in [0, 0.05) is 11.8 Å². The number of anilines is 1. The molecule has 0 fully saturated rings. The van der Waals surface area contributed by atoms with E-state index in [1.807, 2.05) is 30.3 Å². The van der Waals surface area contributed by atoms with Crippen LogP contribution in [0.25, 0.3) is 6.08 Å². The van der Waals surface area contributed by atoms with Crippen molar-refractivity contribution in [3.8, 4) is 0 Å². The predicted molar refractivity (Wildman–Crippen MR) is 93.2 cm³/mol. The Bertz CT molecular complexity index is 802. The van der Waals surface area contributed by atoms with E-state index in [1.165, 1.54) is 25.1 Å². The van der Waals surface area contributed by atoms with E-state index in [0.717, 1.165) is 17.7 Å². The Labute approximate surface area is 148 Å². The van der Waals surface area contributed by atoms with Crippen molar-refractivity contribution in [1.29, 1.82) is 0 Å². The first-order chi connectivity index (χ1) is 12.3. The number of carbonyl (C=O) groups is 2. The number of halogens is 3. The fourth-order valence-corrected chi connectivity index (χ4v) is 2.09. The van der Waals surface area contributed by atoms with Crippen LogP contribution in [-0.4, -0.2) is 17.9 Å². The quantitative estimate of drug-likeness (QED) is 0.794. The summed E-state index contributed by atoms with van der Waals surface area (Å²) in [6.45, 7) is 1.44. The van der Waals surface area contributed by atoms with Crippen molar-refractivity contribution in [2.24, 2.45) is 0 Å². The lowest BCUT2D eigenvalue weighted by atomic mass is 10.2. The second kappa shape index (κ2) is 8.33. The summed E-state index contributed by atoms with van der Waals surface area (Å²) < 4.78 is 38.0. The van der Waals surface area contributed by atoms with Crippen LogP contribution in [0.3, 0.4) is 0 Å². The summed E-state index contributed by atoms with van der Waals surface area (Å²) in [6.07, 6.45) is -1.63. The molecule has 0 saturated carbocycles. The first-order valence-electron chi connectivity index (χ1n) is 7.77. The van der Waals surface area contributed by atoms with E-state index in [-0.39, 0.29) is 5.69 Å². The number of benzene rings is 2. The van der Waals surface area contributed by atoms with Crippen LogP contribution in [0.4, 0.5) is 18.9 Å². The van der Waals surface area contributed by atoms with Gasteiger partial charge in [-0.05, 0) is 36.8 Å². The van der Waals surface area contributed by atoms with Gasteiger partial charge in [-0.15, -0.1) is 0 Å². The van der Waals surface area contributed by atoms with E-state index in [0.29, 0.717) is 0 Å². The van der Waals surface area contributed by atoms with Gasteiger partial charge < -0.3 is 10.6 Å². The molecule has 4 nitrogen and oxygen atoms in total. The van der Waals surface area contributed by atoms with Crippen molar-refractivity contribution in [3.05, 3.63) is 71.8 Å². The van der Waals surface area contributed by atoms with Gasteiger partial charge in [0.05, 0.1) is 5.56 Å². The fraction of sp³-hybridized carbons (Fsp3) is 0.158. The van der Waals surface area contributed by atoms with Gasteiger partial charge >= 0.3 is 6.18 Å². The first-order valence-corrected chi connectivity index (χ1v) is 7.77. The van der Waals surface area contributed by atoms with E-state index >= 15 is 0 Å². The Kier molecular flexibility index (Phi) is 6.16. The van der Waals surface area contributed by atoms with Crippen molar-refractivity contribution < 1.29 is 22.8 Å². The SMILES string of the molecule is CC(NC(=O)/C=C/c1ccccc1)C(=O)Nc1cccc(C(F)(F)F)c1. The smallest absolute Gasteiger partial charge is 0.341 e. The molecular formula is C19H17F3N2O2. The second-order valence-corrected chi connectivity index (χ2v) is 5.54. The largest absolute Gasteiger partial charge is 0.416 e. The maximum atomic E-state index is 12.7. The molecule has 1 atom stereocenters. The van der Waals surface area contributed by atoms with Gasteiger partial charge in [-0.1, -0.05) is 36.4 Å². The maximum absolute atomic E-state index is 12.7. The van der Waals surface area contributed by atoms with Gasteiger partial charge in [0.25, 0.3) is 0 Å². The molecule has 2 amide bonds. The fourth-order valence-electron chi connectivity index (χ4n) is 2.09. The molecule has 1 unspecified atom stereocenters. The Morgan fingerprint density at radius 3 is 2.38 bits per heavy atom. The molecule has 136 valence electrons. The van der Waals surface area contributed by atoms with E-state index < -0.39 is 29.6 Å². The molecule has 2 aromatic rings. The zero-order chi connectivity index (χ0) is 19.2. The van der Waals surface area contributed by atoms with Gasteiger partial charge in [0.1, 0.15) is 6.04 Å². The highest BCUT2D eigenvalue weighted by molar-refractivity contribution is 5.99. The third-order valence-electron chi connectivity index (χ3n) is 3.44. The van der Waals surface area contributed by atoms with Crippen LogP contribution in [0.5, 0.6) is 0 Å². The number of nitrogens with one attached hydrogen (secondary N) is 2. The molecule has 26 heavy (non-hydrogen) atoms. The Morgan fingerprint density at radius 2 is 1.73 bits per heavy atom. The lowest BCUT2D eigenvalue weighted by molar-refractivity contribution is -0.137. The molecule has 0 radical (unpaired) electrons. The molecule has 0 heterocycles. The van der Waals surface area contributed by atoms with E-state index in [9.17, 15) is 22.8 Å². The van der Waals surface area contributed by atoms with Crippen LogP contribution in [0.15, 0.2) is 60.7 Å². The van der Waals surface area contributed by atoms with Crippen molar-refractivity contribution in [2.75, 3.05) is 5.32 Å². The third-order valence-corrected chi connectivity index (χ3v) is 3.44. The van der Waals surface area contributed by atoms with Crippen LogP contribution in [0.2, 0.25) is 0 Å². The highest BCUT2D eigenvalue weighted by Gasteiger charge is 2.30. The topological polar surface area (TPSA) is 58.2 Å². The van der Waals surface area contributed by atoms with E-state index in [2.05, 4.69) is 10.6 Å². The van der Waals surface area contributed by atoms with Gasteiger partial charge in [-0.25, -0.2) is 0 Å². The summed E-state index contributed by atoms with van der Waals surface area (Å²) in [5.74, 6) is -1.11. The Balaban J connectivity index is 1.93. The summed E-state index contributed by atoms with van der Waals surface area (Å²) in [4.78, 5) is 23.9. The first kappa shape index (κ1) is 19.2. The van der Waals surface area contributed by atoms with Gasteiger partial charge in [0.2, 0.25) is 11.8 Å². The Morgan fingerprint density at radius 1 is 1.04 bits per heavy atom. The number of amides is 2. The van der Waals surface area contributed by atoms with Gasteiger partial charge in [-0.3, -0.25) is 9.59 Å². The minimum Gasteiger partial charge on any atom is -0.341 e. The summed E-state index contributed by atoms with van der Waals surface area (Å²) in [5.41, 5.74) is -0.0349. The molecule has 0 bridgehead atoms. The lowest BCUT2D eigenvalue weighted by Gasteiger charge is -2.14. The van der Waals surface area contributed by atoms with Crippen LogP contribution in [0.1, 0.15) is 18.1 Å². The molecular weight excluding hydrogens is 345 g/mol. The van der Waals surface area contributed by atoms with Crippen LogP contribution >= 0.6 is 0 Å². The average Bonchev–Trinajstić information content (AvgIpc) is 2.60. The molecule has 0 saturated heterocycles. The molecule has 0 aromatic heterocycles. The van der Waals surface area contributed by atoms with Crippen molar-refractivity contribution >= 4 is 23.6 Å². The van der Waals surface area contributed by atoms with Crippen LogP contribution in [0, 0.1) is 0 Å². The number of carbonyl (C=O) groups excluding carboxylic acids is 2. The highest BCUT2D eigenvalue weighted by Crippen LogP contribution is 2.30. The zero-order valence-electron chi connectivity index (χ0n) is 13.9. The number of hydrogen-bond donors (Lipinski definition) is 2. The number of rotatable bonds is 5. The molecule has 7 heteroatoms. The van der Waals surface area contributed by atoms with E-state index in [1.54, 1.807) is 6.08 Å². The number of hydrogen-bond acceptors (Lipinski definition) is 2. The van der Waals surface area contributed by atoms with Crippen molar-refractivity contribution in [3.63, 3.8) is 0 Å². The maximum Gasteiger partial charge on any atom is 0.416 e. The molecule has 0 spiro atoms. The average molecular weight is 362 g/mol. The molecule has 2 rings (SSSR count). The highest BCUT2D eigenvalue weighted by atomic mass is 19.4. The summed E-state index contributed by atoms with van der Waals surface area (Å²) in [7, 11) is 0. The molecule has 2 aromatic carbocycles. The van der Waals surface area contributed by atoms with E-state index in [4.69, 9.17) is 0 Å². The number of alkyl halides is 3. The second-order valence-electron chi connectivity index (χ2n) is 5.54. The third kappa shape index (κ3) is 5.77. The van der Waals surface area contributed by atoms with Gasteiger partial charge in [-0.2, -0.15) is 13.2 Å². The summed E-state index contributed by atoms with van der Waals surface area (Å²) >= 11 is 0. The molecule has 2 N–H and O–H groups in total. The zero-order valence-corrected chi connectivity index (χ0v) is 13.9. The van der Waals surface area contributed by atoms with Crippen molar-refractivity contribution in [1.82, 2.24) is 5.32 Å². The summed E-state index contributed by atoms with van der Waals surface area (Å²) in [5, 5.41) is 4.81. The molecule has 0 aliphatic carbocycles. The van der Waals surface area contributed by atoms with Crippen molar-refractivity contribution in [2.45, 2.75) is 19.1 Å². The Hall–Kier alpha value is -3.09. The standard InChI is InChI=1S/C19H17F3N2O2/c1-13(23-17(25)11-10-14-6-3-2-4-7-14)18(26)24-16-9-5-8-15(12-16)19(20,21)22/h2-13H,1H3,(H,23,25)(H,24,26)/b11-10+. The van der Waals surface area contributed by atoms with Crippen LogP contribution in [-0.2, 0) is 15.8 Å². The lowest BCUT2D eigenvalue weighted by Crippen LogP contribution is -2.40. The van der Waals surface area contributed by atoms with Crippen LogP contribution < -0.4 is 10.6 Å². The minimum absolute atomic E-state index is 0.00533. The molecule has 0 aliphatic rings. The normalized spacial score (nSPS) is 12.6. The molecule has 0 aliphatic heterocycles. The monoisotopic (exact) mass is 362 g/mol. The predicted octanol–water partition coefficient (Wildman–Crippen LogP) is 3.86. The summed E-state index contributed by atoms with van der Waals surface area (Å²) in [6, 6.07) is 12.5. The minimum atomic E-state index is -4.50. The van der Waals surface area contributed by atoms with Gasteiger partial charge in [0.15, 0.2) is 0 Å².